The predicted molar refractivity (Wildman–Crippen MR) is 49.3 cm³/mol. The highest BCUT2D eigenvalue weighted by atomic mass is 16.6. The van der Waals surface area contributed by atoms with Crippen molar-refractivity contribution >= 4 is 5.97 Å². The first-order valence-corrected chi connectivity index (χ1v) is 4.53. The van der Waals surface area contributed by atoms with Gasteiger partial charge in [-0.25, -0.2) is 4.79 Å². The fourth-order valence-corrected chi connectivity index (χ4v) is 1.28. The van der Waals surface area contributed by atoms with Gasteiger partial charge in [-0.2, -0.15) is 0 Å². The highest BCUT2D eigenvalue weighted by Gasteiger charge is 2.43. The molecule has 0 aromatic carbocycles. The van der Waals surface area contributed by atoms with Crippen molar-refractivity contribution in [3.05, 3.63) is 12.7 Å². The van der Waals surface area contributed by atoms with Gasteiger partial charge in [0.05, 0.1) is 12.7 Å². The molecule has 1 aliphatic heterocycles. The van der Waals surface area contributed by atoms with Gasteiger partial charge in [0.1, 0.15) is 6.61 Å². The molecule has 13 heavy (non-hydrogen) atoms. The van der Waals surface area contributed by atoms with Gasteiger partial charge in [-0.3, -0.25) is 0 Å². The topological polar surface area (TPSA) is 35.5 Å². The van der Waals surface area contributed by atoms with E-state index in [1.165, 1.54) is 6.08 Å². The summed E-state index contributed by atoms with van der Waals surface area (Å²) >= 11 is 0. The molecule has 0 aromatic heterocycles. The molecule has 1 aliphatic rings. The summed E-state index contributed by atoms with van der Waals surface area (Å²) in [6.45, 7) is 8.69. The van der Waals surface area contributed by atoms with Crippen molar-refractivity contribution in [1.29, 1.82) is 0 Å². The number of hydrogen-bond donors (Lipinski definition) is 0. The molecule has 1 rings (SSSR count). The van der Waals surface area contributed by atoms with Gasteiger partial charge in [0.15, 0.2) is 0 Å². The van der Waals surface area contributed by atoms with E-state index in [0.29, 0.717) is 6.61 Å². The van der Waals surface area contributed by atoms with Crippen molar-refractivity contribution < 1.29 is 14.3 Å². The van der Waals surface area contributed by atoms with Gasteiger partial charge in [0, 0.05) is 11.5 Å². The number of ether oxygens (including phenoxy) is 2. The fraction of sp³-hybridized carbons (Fsp3) is 0.700. The Morgan fingerprint density at radius 2 is 2.54 bits per heavy atom. The van der Waals surface area contributed by atoms with Crippen LogP contribution in [0.15, 0.2) is 12.7 Å². The van der Waals surface area contributed by atoms with Gasteiger partial charge in [0.25, 0.3) is 0 Å². The minimum atomic E-state index is -0.381. The van der Waals surface area contributed by atoms with Gasteiger partial charge < -0.3 is 9.47 Å². The molecule has 0 radical (unpaired) electrons. The summed E-state index contributed by atoms with van der Waals surface area (Å²) in [5.41, 5.74) is 0.182. The van der Waals surface area contributed by atoms with Crippen LogP contribution in [0.1, 0.15) is 20.3 Å². The zero-order valence-electron chi connectivity index (χ0n) is 8.21. The first kappa shape index (κ1) is 10.3. The minimum Gasteiger partial charge on any atom is -0.460 e. The second-order valence-electron chi connectivity index (χ2n) is 3.64. The standard InChI is InChI=1S/C10H16O3/c1-4-9(11)12-6-8-10(3,5-2)7-13-8/h4,8H,1,5-7H2,2-3H3. The number of carbonyl (C=O) groups excluding carboxylic acids is 1. The van der Waals surface area contributed by atoms with Crippen molar-refractivity contribution in [2.24, 2.45) is 5.41 Å². The quantitative estimate of drug-likeness (QED) is 0.491. The lowest BCUT2D eigenvalue weighted by atomic mass is 9.78. The van der Waals surface area contributed by atoms with Crippen molar-refractivity contribution in [2.75, 3.05) is 13.2 Å². The number of carbonyl (C=O) groups is 1. The minimum absolute atomic E-state index is 0.0569. The van der Waals surface area contributed by atoms with Crippen molar-refractivity contribution in [1.82, 2.24) is 0 Å². The molecule has 3 nitrogen and oxygen atoms in total. The fourth-order valence-electron chi connectivity index (χ4n) is 1.28. The normalized spacial score (nSPS) is 32.0. The SMILES string of the molecule is C=CC(=O)OCC1OCC1(C)CC. The Hall–Kier alpha value is -0.830. The summed E-state index contributed by atoms with van der Waals surface area (Å²) in [5, 5.41) is 0. The first-order chi connectivity index (χ1) is 6.12. The van der Waals surface area contributed by atoms with Crippen LogP contribution < -0.4 is 0 Å². The van der Waals surface area contributed by atoms with Crippen LogP contribution in [0.3, 0.4) is 0 Å². The second kappa shape index (κ2) is 3.92. The lowest BCUT2D eigenvalue weighted by Crippen LogP contribution is -2.52. The average molecular weight is 184 g/mol. The zero-order chi connectivity index (χ0) is 9.90. The molecule has 3 heteroatoms. The number of hydrogen-bond acceptors (Lipinski definition) is 3. The smallest absolute Gasteiger partial charge is 0.330 e. The van der Waals surface area contributed by atoms with E-state index in [0.717, 1.165) is 13.0 Å². The molecule has 0 spiro atoms. The van der Waals surface area contributed by atoms with Gasteiger partial charge in [-0.15, -0.1) is 0 Å². The monoisotopic (exact) mass is 184 g/mol. The summed E-state index contributed by atoms with van der Waals surface area (Å²) < 4.78 is 10.2. The second-order valence-corrected chi connectivity index (χ2v) is 3.64. The van der Waals surface area contributed by atoms with Crippen LogP contribution in [0, 0.1) is 5.41 Å². The van der Waals surface area contributed by atoms with E-state index in [1.807, 2.05) is 0 Å². The van der Waals surface area contributed by atoms with Crippen LogP contribution in [0.4, 0.5) is 0 Å². The van der Waals surface area contributed by atoms with Crippen molar-refractivity contribution in [2.45, 2.75) is 26.4 Å². The third-order valence-electron chi connectivity index (χ3n) is 2.74. The maximum Gasteiger partial charge on any atom is 0.330 e. The molecule has 2 atom stereocenters. The Morgan fingerprint density at radius 3 is 2.92 bits per heavy atom. The predicted octanol–water partition coefficient (Wildman–Crippen LogP) is 1.53. The summed E-state index contributed by atoms with van der Waals surface area (Å²) in [4.78, 5) is 10.8. The van der Waals surface area contributed by atoms with E-state index in [2.05, 4.69) is 20.4 Å². The zero-order valence-corrected chi connectivity index (χ0v) is 8.21. The molecule has 0 bridgehead atoms. The molecule has 0 saturated carbocycles. The lowest BCUT2D eigenvalue weighted by molar-refractivity contribution is -0.202. The van der Waals surface area contributed by atoms with Crippen LogP contribution in [-0.2, 0) is 14.3 Å². The van der Waals surface area contributed by atoms with E-state index in [9.17, 15) is 4.79 Å². The molecule has 1 saturated heterocycles. The van der Waals surface area contributed by atoms with E-state index >= 15 is 0 Å². The van der Waals surface area contributed by atoms with E-state index in [1.54, 1.807) is 0 Å². The van der Waals surface area contributed by atoms with E-state index in [4.69, 9.17) is 9.47 Å². The summed E-state index contributed by atoms with van der Waals surface area (Å²) in [6, 6.07) is 0. The summed E-state index contributed by atoms with van der Waals surface area (Å²) in [7, 11) is 0. The first-order valence-electron chi connectivity index (χ1n) is 4.53. The van der Waals surface area contributed by atoms with E-state index in [-0.39, 0.29) is 17.5 Å². The number of rotatable bonds is 4. The van der Waals surface area contributed by atoms with Crippen molar-refractivity contribution in [3.63, 3.8) is 0 Å². The van der Waals surface area contributed by atoms with Gasteiger partial charge in [-0.1, -0.05) is 20.4 Å². The largest absolute Gasteiger partial charge is 0.460 e. The highest BCUT2D eigenvalue weighted by Crippen LogP contribution is 2.37. The lowest BCUT2D eigenvalue weighted by Gasteiger charge is -2.45. The maximum absolute atomic E-state index is 10.8. The van der Waals surface area contributed by atoms with Crippen LogP contribution in [0.5, 0.6) is 0 Å². The molecule has 0 aromatic rings. The average Bonchev–Trinajstić information content (AvgIpc) is 2.14. The highest BCUT2D eigenvalue weighted by molar-refractivity contribution is 5.81. The van der Waals surface area contributed by atoms with Crippen LogP contribution in [-0.4, -0.2) is 25.3 Å². The molecule has 0 N–H and O–H groups in total. The Kier molecular flexibility index (Phi) is 3.09. The Morgan fingerprint density at radius 1 is 1.85 bits per heavy atom. The van der Waals surface area contributed by atoms with Gasteiger partial charge >= 0.3 is 5.97 Å². The van der Waals surface area contributed by atoms with Crippen molar-refractivity contribution in [3.8, 4) is 0 Å². The summed E-state index contributed by atoms with van der Waals surface area (Å²) in [6.07, 6.45) is 2.27. The molecule has 0 aliphatic carbocycles. The molecule has 0 amide bonds. The molecule has 1 heterocycles. The Labute approximate surface area is 78.7 Å². The molecule has 2 unspecified atom stereocenters. The van der Waals surface area contributed by atoms with Crippen LogP contribution in [0.25, 0.3) is 0 Å². The maximum atomic E-state index is 10.8. The van der Waals surface area contributed by atoms with Gasteiger partial charge in [-0.05, 0) is 6.42 Å². The van der Waals surface area contributed by atoms with Crippen LogP contribution in [0.2, 0.25) is 0 Å². The van der Waals surface area contributed by atoms with Gasteiger partial charge in [0.2, 0.25) is 0 Å². The molecule has 1 fully saturated rings. The third kappa shape index (κ3) is 2.10. The third-order valence-corrected chi connectivity index (χ3v) is 2.74. The summed E-state index contributed by atoms with van der Waals surface area (Å²) in [5.74, 6) is -0.381. The molecular weight excluding hydrogens is 168 g/mol. The number of esters is 1. The Bertz CT molecular complexity index is 208. The molecular formula is C10H16O3. The van der Waals surface area contributed by atoms with Crippen LogP contribution >= 0.6 is 0 Å². The molecule has 74 valence electrons. The van der Waals surface area contributed by atoms with E-state index < -0.39 is 0 Å². The Balaban J connectivity index is 2.30.